The van der Waals surface area contributed by atoms with Gasteiger partial charge in [0.1, 0.15) is 0 Å². The fourth-order valence-corrected chi connectivity index (χ4v) is 1.51. The Morgan fingerprint density at radius 2 is 2.50 bits per heavy atom. The second-order valence-electron chi connectivity index (χ2n) is 1.84. The van der Waals surface area contributed by atoms with Crippen LogP contribution in [0.25, 0.3) is 0 Å². The molecular formula is C6H9NO2S. The number of carbonyl (C=O) groups excluding carboxylic acids is 1. The molecule has 1 amide bonds. The van der Waals surface area contributed by atoms with E-state index in [1.54, 1.807) is 7.11 Å². The first kappa shape index (κ1) is 7.63. The van der Waals surface area contributed by atoms with Crippen molar-refractivity contribution in [3.8, 4) is 0 Å². The minimum Gasteiger partial charge on any atom is -0.357 e. The third kappa shape index (κ3) is 1.33. The van der Waals surface area contributed by atoms with Gasteiger partial charge < -0.3 is 10.1 Å². The highest BCUT2D eigenvalue weighted by atomic mass is 32.2. The molecule has 0 aliphatic carbocycles. The number of hydrogen-bond acceptors (Lipinski definition) is 3. The zero-order valence-electron chi connectivity index (χ0n) is 5.88. The lowest BCUT2D eigenvalue weighted by Crippen LogP contribution is -2.26. The molecule has 1 N–H and O–H groups in total. The average molecular weight is 159 g/mol. The molecule has 1 unspecified atom stereocenters. The molecule has 10 heavy (non-hydrogen) atoms. The number of rotatable bonds is 1. The molecule has 1 atom stereocenters. The lowest BCUT2D eigenvalue weighted by atomic mass is 10.5. The van der Waals surface area contributed by atoms with Crippen molar-refractivity contribution in [2.24, 2.45) is 0 Å². The smallest absolute Gasteiger partial charge is 0.285 e. The van der Waals surface area contributed by atoms with Crippen LogP contribution >= 0.6 is 11.8 Å². The first-order valence-corrected chi connectivity index (χ1v) is 3.77. The maximum atomic E-state index is 10.7. The van der Waals surface area contributed by atoms with Gasteiger partial charge in [0.2, 0.25) is 0 Å². The minimum absolute atomic E-state index is 0.0417. The zero-order valence-corrected chi connectivity index (χ0v) is 6.70. The highest BCUT2D eigenvalue weighted by molar-refractivity contribution is 8.17. The summed E-state index contributed by atoms with van der Waals surface area (Å²) in [6.07, 6.45) is 1.65. The number of nitrogens with one attached hydrogen (secondary N) is 1. The van der Waals surface area contributed by atoms with Crippen LogP contribution in [0.15, 0.2) is 11.0 Å². The number of allylic oxidation sites excluding steroid dienone is 1. The predicted molar refractivity (Wildman–Crippen MR) is 40.7 cm³/mol. The summed E-state index contributed by atoms with van der Waals surface area (Å²) in [6.45, 7) is 1.88. The average Bonchev–Trinajstić information content (AvgIpc) is 2.30. The number of methoxy groups -OCH3 is 1. The molecule has 56 valence electrons. The first-order valence-electron chi connectivity index (χ1n) is 2.95. The van der Waals surface area contributed by atoms with E-state index in [4.69, 9.17) is 4.74 Å². The molecule has 0 bridgehead atoms. The van der Waals surface area contributed by atoms with Gasteiger partial charge >= 0.3 is 0 Å². The highest BCUT2D eigenvalue weighted by Crippen LogP contribution is 2.27. The SMILES string of the molecule is C/C=C1/SC(=O)NC1OC. The Balaban J connectivity index is 2.67. The van der Waals surface area contributed by atoms with E-state index in [0.29, 0.717) is 0 Å². The van der Waals surface area contributed by atoms with Crippen molar-refractivity contribution in [3.63, 3.8) is 0 Å². The third-order valence-corrected chi connectivity index (χ3v) is 2.23. The monoisotopic (exact) mass is 159 g/mol. The van der Waals surface area contributed by atoms with Gasteiger partial charge in [-0.15, -0.1) is 0 Å². The van der Waals surface area contributed by atoms with Crippen LogP contribution in [0.5, 0.6) is 0 Å². The maximum absolute atomic E-state index is 10.7. The molecule has 0 aromatic rings. The van der Waals surface area contributed by atoms with Crippen molar-refractivity contribution in [2.75, 3.05) is 7.11 Å². The Kier molecular flexibility index (Phi) is 2.34. The van der Waals surface area contributed by atoms with Crippen LogP contribution < -0.4 is 5.32 Å². The topological polar surface area (TPSA) is 38.3 Å². The van der Waals surface area contributed by atoms with Gasteiger partial charge in [0.25, 0.3) is 5.24 Å². The molecule has 1 aliphatic heterocycles. The van der Waals surface area contributed by atoms with Crippen LogP contribution in [-0.4, -0.2) is 18.6 Å². The van der Waals surface area contributed by atoms with E-state index in [1.165, 1.54) is 11.8 Å². The van der Waals surface area contributed by atoms with Crippen LogP contribution in [0.2, 0.25) is 0 Å². The van der Waals surface area contributed by atoms with Crippen LogP contribution in [0.1, 0.15) is 6.92 Å². The van der Waals surface area contributed by atoms with Gasteiger partial charge in [0.15, 0.2) is 6.23 Å². The highest BCUT2D eigenvalue weighted by Gasteiger charge is 2.25. The van der Waals surface area contributed by atoms with E-state index in [-0.39, 0.29) is 11.5 Å². The summed E-state index contributed by atoms with van der Waals surface area (Å²) in [4.78, 5) is 11.7. The Labute approximate surface area is 63.8 Å². The van der Waals surface area contributed by atoms with Gasteiger partial charge in [-0.2, -0.15) is 0 Å². The number of ether oxygens (including phenoxy) is 1. The molecule has 0 aromatic carbocycles. The van der Waals surface area contributed by atoms with E-state index in [0.717, 1.165) is 4.91 Å². The van der Waals surface area contributed by atoms with Gasteiger partial charge in [-0.1, -0.05) is 6.08 Å². The largest absolute Gasteiger partial charge is 0.357 e. The molecule has 0 saturated carbocycles. The summed E-state index contributed by atoms with van der Waals surface area (Å²) in [5.41, 5.74) is 0. The van der Waals surface area contributed by atoms with Gasteiger partial charge in [0, 0.05) is 12.0 Å². The molecule has 0 spiro atoms. The number of amides is 1. The molecular weight excluding hydrogens is 150 g/mol. The Morgan fingerprint density at radius 3 is 2.90 bits per heavy atom. The summed E-state index contributed by atoms with van der Waals surface area (Å²) in [5.74, 6) is 0. The van der Waals surface area contributed by atoms with Crippen molar-refractivity contribution >= 4 is 17.0 Å². The molecule has 0 radical (unpaired) electrons. The van der Waals surface area contributed by atoms with Crippen molar-refractivity contribution < 1.29 is 9.53 Å². The van der Waals surface area contributed by atoms with Crippen LogP contribution in [-0.2, 0) is 4.74 Å². The lowest BCUT2D eigenvalue weighted by Gasteiger charge is -2.06. The molecule has 1 fully saturated rings. The predicted octanol–water partition coefficient (Wildman–Crippen LogP) is 1.32. The normalized spacial score (nSPS) is 29.2. The fourth-order valence-electron chi connectivity index (χ4n) is 0.754. The quantitative estimate of drug-likeness (QED) is 0.627. The van der Waals surface area contributed by atoms with Crippen molar-refractivity contribution in [3.05, 3.63) is 11.0 Å². The van der Waals surface area contributed by atoms with E-state index >= 15 is 0 Å². The van der Waals surface area contributed by atoms with E-state index in [2.05, 4.69) is 5.32 Å². The summed E-state index contributed by atoms with van der Waals surface area (Å²) >= 11 is 1.18. The second-order valence-corrected chi connectivity index (χ2v) is 2.89. The molecule has 4 heteroatoms. The third-order valence-electron chi connectivity index (χ3n) is 1.24. The van der Waals surface area contributed by atoms with Gasteiger partial charge in [0.05, 0.1) is 0 Å². The van der Waals surface area contributed by atoms with Crippen molar-refractivity contribution in [1.82, 2.24) is 5.32 Å². The molecule has 3 nitrogen and oxygen atoms in total. The fraction of sp³-hybridized carbons (Fsp3) is 0.500. The first-order chi connectivity index (χ1) is 4.77. The number of carbonyl (C=O) groups is 1. The van der Waals surface area contributed by atoms with E-state index in [1.807, 2.05) is 13.0 Å². The van der Waals surface area contributed by atoms with Crippen LogP contribution in [0, 0.1) is 0 Å². The maximum Gasteiger partial charge on any atom is 0.285 e. The van der Waals surface area contributed by atoms with Crippen LogP contribution in [0.4, 0.5) is 4.79 Å². The van der Waals surface area contributed by atoms with Crippen molar-refractivity contribution in [2.45, 2.75) is 13.2 Å². The molecule has 0 aromatic heterocycles. The summed E-state index contributed by atoms with van der Waals surface area (Å²) in [5, 5.41) is 2.60. The lowest BCUT2D eigenvalue weighted by molar-refractivity contribution is 0.123. The summed E-state index contributed by atoms with van der Waals surface area (Å²) in [6, 6.07) is 0. The second kappa shape index (κ2) is 3.07. The number of thioether (sulfide) groups is 1. The summed E-state index contributed by atoms with van der Waals surface area (Å²) in [7, 11) is 1.57. The Morgan fingerprint density at radius 1 is 1.80 bits per heavy atom. The van der Waals surface area contributed by atoms with Gasteiger partial charge in [-0.3, -0.25) is 4.79 Å². The Bertz CT molecular complexity index is 179. The van der Waals surface area contributed by atoms with Crippen molar-refractivity contribution in [1.29, 1.82) is 0 Å². The standard InChI is InChI=1S/C6H9NO2S/c1-3-4-5(9-2)7-6(8)10-4/h3,5H,1-2H3,(H,7,8)/b4-3+. The zero-order chi connectivity index (χ0) is 7.56. The number of hydrogen-bond donors (Lipinski definition) is 1. The molecule has 1 rings (SSSR count). The minimum atomic E-state index is -0.220. The summed E-state index contributed by atoms with van der Waals surface area (Å²) < 4.78 is 4.96. The van der Waals surface area contributed by atoms with E-state index < -0.39 is 0 Å². The van der Waals surface area contributed by atoms with Gasteiger partial charge in [-0.25, -0.2) is 0 Å². The van der Waals surface area contributed by atoms with Gasteiger partial charge in [-0.05, 0) is 18.7 Å². The van der Waals surface area contributed by atoms with Crippen LogP contribution in [0.3, 0.4) is 0 Å². The van der Waals surface area contributed by atoms with E-state index in [9.17, 15) is 4.79 Å². The molecule has 1 aliphatic rings. The molecule has 1 saturated heterocycles. The Hall–Kier alpha value is -0.480. The molecule has 1 heterocycles.